The van der Waals surface area contributed by atoms with E-state index in [1.807, 2.05) is 0 Å². The number of amides is 1. The molecule has 1 atom stereocenters. The quantitative estimate of drug-likeness (QED) is 0.402. The van der Waals surface area contributed by atoms with Crippen LogP contribution in [0, 0.1) is 16.6 Å². The summed E-state index contributed by atoms with van der Waals surface area (Å²) < 4.78 is 45.2. The normalized spacial score (nSPS) is 17.2. The molecule has 1 saturated heterocycles. The van der Waals surface area contributed by atoms with Gasteiger partial charge in [0.1, 0.15) is 23.2 Å². The topological polar surface area (TPSA) is 153 Å². The van der Waals surface area contributed by atoms with Crippen molar-refractivity contribution >= 4 is 19.6 Å². The summed E-state index contributed by atoms with van der Waals surface area (Å²) in [6.45, 7) is 11.1. The van der Waals surface area contributed by atoms with Gasteiger partial charge in [0.25, 0.3) is 0 Å². The molecule has 1 aliphatic rings. The van der Waals surface area contributed by atoms with E-state index in [2.05, 4.69) is 15.5 Å². The van der Waals surface area contributed by atoms with Crippen molar-refractivity contribution in [1.29, 1.82) is 0 Å². The van der Waals surface area contributed by atoms with Gasteiger partial charge in [0.2, 0.25) is 0 Å². The second-order valence-corrected chi connectivity index (χ2v) is 12.4. The molecule has 0 unspecified atom stereocenters. The van der Waals surface area contributed by atoms with Crippen LogP contribution in [0.25, 0.3) is 11.3 Å². The first kappa shape index (κ1) is 27.9. The maximum Gasteiger partial charge on any atom is 0.470 e. The third kappa shape index (κ3) is 5.24. The van der Waals surface area contributed by atoms with Crippen molar-refractivity contribution in [2.24, 2.45) is 10.8 Å². The predicted octanol–water partition coefficient (Wildman–Crippen LogP) is 4.49. The maximum atomic E-state index is 15.3. The highest BCUT2D eigenvalue weighted by molar-refractivity contribution is 7.46. The lowest BCUT2D eigenvalue weighted by Gasteiger charge is -2.51. The molecular formula is C24H31FN5O7P. The summed E-state index contributed by atoms with van der Waals surface area (Å²) in [5, 5.41) is 11.7. The van der Waals surface area contributed by atoms with Crippen molar-refractivity contribution in [1.82, 2.24) is 20.2 Å². The fourth-order valence-electron chi connectivity index (χ4n) is 5.20. The van der Waals surface area contributed by atoms with E-state index in [1.54, 1.807) is 53.8 Å². The van der Waals surface area contributed by atoms with Crippen LogP contribution in [0.3, 0.4) is 0 Å². The van der Waals surface area contributed by atoms with Gasteiger partial charge < -0.3 is 19.0 Å². The Kier molecular flexibility index (Phi) is 7.02. The van der Waals surface area contributed by atoms with E-state index in [4.69, 9.17) is 13.8 Å². The van der Waals surface area contributed by atoms with Crippen molar-refractivity contribution in [3.63, 3.8) is 0 Å². The van der Waals surface area contributed by atoms with Crippen LogP contribution in [0.2, 0.25) is 0 Å². The van der Waals surface area contributed by atoms with Gasteiger partial charge in [-0.25, -0.2) is 18.4 Å². The summed E-state index contributed by atoms with van der Waals surface area (Å²) in [4.78, 5) is 33.3. The number of halogens is 1. The Morgan fingerprint density at radius 2 is 1.84 bits per heavy atom. The Hall–Kier alpha value is -3.12. The first-order valence-corrected chi connectivity index (χ1v) is 13.4. The number of phosphoric acid groups is 1. The molecule has 4 rings (SSSR count). The van der Waals surface area contributed by atoms with E-state index < -0.39 is 42.3 Å². The number of hydrogen-bond acceptors (Lipinski definition) is 8. The van der Waals surface area contributed by atoms with Gasteiger partial charge in [0.05, 0.1) is 30.5 Å². The van der Waals surface area contributed by atoms with Gasteiger partial charge in [0.15, 0.2) is 5.76 Å². The summed E-state index contributed by atoms with van der Waals surface area (Å²) in [6, 6.07) is 5.59. The third-order valence-electron chi connectivity index (χ3n) is 6.51. The molecule has 0 radical (unpaired) electrons. The highest BCUT2D eigenvalue weighted by atomic mass is 31.2. The summed E-state index contributed by atoms with van der Waals surface area (Å²) in [5.41, 5.74) is -2.87. The number of carbonyl (C=O) groups is 1. The minimum Gasteiger partial charge on any atom is -0.442 e. The Balaban J connectivity index is 1.64. The summed E-state index contributed by atoms with van der Waals surface area (Å²) in [5.74, 6) is -0.657. The van der Waals surface area contributed by atoms with Crippen molar-refractivity contribution in [2.75, 3.05) is 11.4 Å². The van der Waals surface area contributed by atoms with Gasteiger partial charge in [-0.15, -0.1) is 5.10 Å². The molecule has 1 fully saturated rings. The number of aromatic nitrogens is 4. The van der Waals surface area contributed by atoms with Crippen LogP contribution in [-0.4, -0.2) is 48.7 Å². The highest BCUT2D eigenvalue weighted by Gasteiger charge is 2.58. The van der Waals surface area contributed by atoms with E-state index >= 15 is 4.39 Å². The average molecular weight is 552 g/mol. The fraction of sp³-hybridized carbons (Fsp3) is 0.500. The molecule has 1 aliphatic heterocycles. The molecule has 12 nitrogen and oxygen atoms in total. The molecule has 206 valence electrons. The molecule has 2 aromatic heterocycles. The van der Waals surface area contributed by atoms with Gasteiger partial charge in [-0.05, 0) is 29.0 Å². The number of benzene rings is 1. The lowest BCUT2D eigenvalue weighted by Crippen LogP contribution is -2.52. The molecule has 2 N–H and O–H groups in total. The first-order chi connectivity index (χ1) is 17.5. The standard InChI is InChI=1S/C24H31FN5O7P/c1-22(2,3)24(23(4,5)6,37-38(32,33)34)20-12-19(36-27-20)17-8-7-15(11-18(17)25)30-14-16(35-21(30)31)13-29-10-9-26-28-29/h7-12,16H,13-14H2,1-6H3,(H2,32,33,34)/t16-/m0/s1. The molecule has 3 heterocycles. The smallest absolute Gasteiger partial charge is 0.442 e. The Labute approximate surface area is 218 Å². The maximum absolute atomic E-state index is 15.3. The van der Waals surface area contributed by atoms with Crippen LogP contribution in [0.1, 0.15) is 47.2 Å². The Morgan fingerprint density at radius 1 is 1.16 bits per heavy atom. The van der Waals surface area contributed by atoms with Crippen LogP contribution in [0.5, 0.6) is 0 Å². The van der Waals surface area contributed by atoms with Gasteiger partial charge >= 0.3 is 13.9 Å². The Bertz CT molecular complexity index is 1340. The minimum atomic E-state index is -4.98. The van der Waals surface area contributed by atoms with Crippen molar-refractivity contribution in [2.45, 2.75) is 59.8 Å². The molecule has 0 aliphatic carbocycles. The zero-order valence-electron chi connectivity index (χ0n) is 22.0. The zero-order chi connectivity index (χ0) is 28.1. The summed E-state index contributed by atoms with van der Waals surface area (Å²) >= 11 is 0. The van der Waals surface area contributed by atoms with Gasteiger partial charge in [-0.2, -0.15) is 0 Å². The molecule has 1 aromatic carbocycles. The first-order valence-electron chi connectivity index (χ1n) is 11.9. The molecule has 38 heavy (non-hydrogen) atoms. The SMILES string of the molecule is CC(C)(C)C(OP(=O)(O)O)(c1cc(-c2ccc(N3C[C@H](Cn4ccnn4)OC3=O)cc2F)on1)C(C)(C)C. The van der Waals surface area contributed by atoms with Crippen LogP contribution in [0.15, 0.2) is 41.2 Å². The van der Waals surface area contributed by atoms with Crippen LogP contribution >= 0.6 is 7.82 Å². The molecule has 0 bridgehead atoms. The second kappa shape index (κ2) is 9.57. The van der Waals surface area contributed by atoms with Gasteiger partial charge in [-0.1, -0.05) is 51.9 Å². The van der Waals surface area contributed by atoms with Crippen molar-refractivity contribution < 1.29 is 37.3 Å². The molecule has 0 spiro atoms. The largest absolute Gasteiger partial charge is 0.470 e. The fourth-order valence-corrected chi connectivity index (χ4v) is 6.20. The van der Waals surface area contributed by atoms with E-state index in [-0.39, 0.29) is 23.6 Å². The third-order valence-corrected chi connectivity index (χ3v) is 7.02. The van der Waals surface area contributed by atoms with Gasteiger partial charge in [0, 0.05) is 12.3 Å². The van der Waals surface area contributed by atoms with Crippen molar-refractivity contribution in [3.8, 4) is 11.3 Å². The van der Waals surface area contributed by atoms with E-state index in [0.29, 0.717) is 12.2 Å². The number of phosphoric ester groups is 1. The number of anilines is 1. The van der Waals surface area contributed by atoms with Crippen LogP contribution in [0.4, 0.5) is 14.9 Å². The molecular weight excluding hydrogens is 520 g/mol. The molecule has 14 heteroatoms. The number of nitrogens with zero attached hydrogens (tertiary/aromatic N) is 5. The number of rotatable bonds is 7. The van der Waals surface area contributed by atoms with Crippen LogP contribution in [-0.2, 0) is 26.0 Å². The van der Waals surface area contributed by atoms with Gasteiger partial charge in [-0.3, -0.25) is 9.42 Å². The number of cyclic esters (lactones) is 1. The zero-order valence-corrected chi connectivity index (χ0v) is 22.8. The molecule has 3 aromatic rings. The van der Waals surface area contributed by atoms with E-state index in [0.717, 1.165) is 0 Å². The number of carbonyl (C=O) groups excluding carboxylic acids is 1. The Morgan fingerprint density at radius 3 is 2.39 bits per heavy atom. The van der Waals surface area contributed by atoms with E-state index in [1.165, 1.54) is 34.0 Å². The minimum absolute atomic E-state index is 0.0318. The lowest BCUT2D eigenvalue weighted by atomic mass is 9.61. The van der Waals surface area contributed by atoms with Crippen LogP contribution < -0.4 is 4.90 Å². The number of ether oxygens (including phenoxy) is 1. The summed E-state index contributed by atoms with van der Waals surface area (Å²) in [7, 11) is -4.98. The summed E-state index contributed by atoms with van der Waals surface area (Å²) in [6.07, 6.45) is 2.07. The molecule has 0 saturated carbocycles. The lowest BCUT2D eigenvalue weighted by molar-refractivity contribution is -0.139. The average Bonchev–Trinajstić information content (AvgIpc) is 3.51. The van der Waals surface area contributed by atoms with E-state index in [9.17, 15) is 19.1 Å². The second-order valence-electron chi connectivity index (χ2n) is 11.2. The predicted molar refractivity (Wildman–Crippen MR) is 133 cm³/mol. The monoisotopic (exact) mass is 551 g/mol. The number of hydrogen-bond donors (Lipinski definition) is 2. The van der Waals surface area contributed by atoms with Crippen molar-refractivity contribution in [3.05, 3.63) is 48.2 Å². The molecule has 1 amide bonds. The highest BCUT2D eigenvalue weighted by Crippen LogP contribution is 2.60.